The zero-order valence-corrected chi connectivity index (χ0v) is 16.7. The van der Waals surface area contributed by atoms with Crippen molar-refractivity contribution in [1.82, 2.24) is 5.43 Å². The number of aromatic hydroxyl groups is 1. The van der Waals surface area contributed by atoms with Gasteiger partial charge in [0.1, 0.15) is 5.75 Å². The molecule has 1 aromatic rings. The molecule has 0 aromatic heterocycles. The number of hydrogen-bond donors (Lipinski definition) is 2. The van der Waals surface area contributed by atoms with Crippen LogP contribution in [0.1, 0.15) is 46.6 Å². The lowest BCUT2D eigenvalue weighted by Gasteiger charge is -2.09. The molecule has 6 heteroatoms. The average molecular weight is 383 g/mol. The number of rotatable bonds is 5. The second-order valence-electron chi connectivity index (χ2n) is 7.24. The number of carbonyl (C=O) groups is 1. The molecule has 1 aliphatic carbocycles. The van der Waals surface area contributed by atoms with E-state index in [-0.39, 0.29) is 33.9 Å². The number of hydrazone groups is 1. The van der Waals surface area contributed by atoms with Gasteiger partial charge in [0.05, 0.1) is 16.7 Å². The van der Waals surface area contributed by atoms with Crippen LogP contribution in [0.3, 0.4) is 0 Å². The maximum absolute atomic E-state index is 12.5. The topological polar surface area (TPSA) is 61.7 Å². The summed E-state index contributed by atoms with van der Waals surface area (Å²) in [5, 5.41) is 14.9. The number of amides is 1. The number of nitrogens with zero attached hydrogens (tertiary/aromatic N) is 1. The first-order chi connectivity index (χ1) is 11.6. The van der Waals surface area contributed by atoms with Gasteiger partial charge in [-0.2, -0.15) is 5.10 Å². The van der Waals surface area contributed by atoms with Crippen molar-refractivity contribution in [1.29, 1.82) is 0 Å². The molecule has 0 aliphatic heterocycles. The third-order valence-corrected chi connectivity index (χ3v) is 5.19. The molecular formula is C19H24Cl2N2O2. The van der Waals surface area contributed by atoms with Gasteiger partial charge in [0.25, 0.3) is 0 Å². The van der Waals surface area contributed by atoms with Gasteiger partial charge in [0.15, 0.2) is 0 Å². The summed E-state index contributed by atoms with van der Waals surface area (Å²) in [7, 11) is 0. The highest BCUT2D eigenvalue weighted by Crippen LogP contribution is 2.59. The molecule has 2 N–H and O–H groups in total. The van der Waals surface area contributed by atoms with Gasteiger partial charge < -0.3 is 5.11 Å². The van der Waals surface area contributed by atoms with Crippen molar-refractivity contribution in [3.63, 3.8) is 0 Å². The summed E-state index contributed by atoms with van der Waals surface area (Å²) in [6.45, 7) is 10.1. The summed E-state index contributed by atoms with van der Waals surface area (Å²) in [6, 6.07) is 3.05. The number of nitrogens with one attached hydrogen (secondary N) is 1. The monoisotopic (exact) mass is 382 g/mol. The fourth-order valence-electron chi connectivity index (χ4n) is 3.16. The van der Waals surface area contributed by atoms with Gasteiger partial charge in [-0.15, -0.1) is 0 Å². The van der Waals surface area contributed by atoms with E-state index in [0.29, 0.717) is 22.7 Å². The molecule has 0 unspecified atom stereocenters. The van der Waals surface area contributed by atoms with Crippen LogP contribution in [0, 0.1) is 17.3 Å². The quantitative estimate of drug-likeness (QED) is 0.419. The van der Waals surface area contributed by atoms with Gasteiger partial charge in [-0.25, -0.2) is 5.43 Å². The number of hydrogen-bond acceptors (Lipinski definition) is 3. The average Bonchev–Trinajstić information content (AvgIpc) is 3.04. The fourth-order valence-corrected chi connectivity index (χ4v) is 3.65. The lowest BCUT2D eigenvalue weighted by molar-refractivity contribution is -0.123. The Hall–Kier alpha value is -1.52. The minimum atomic E-state index is -0.119. The zero-order chi connectivity index (χ0) is 18.9. The summed E-state index contributed by atoms with van der Waals surface area (Å²) < 4.78 is 0. The Labute approximate surface area is 158 Å². The van der Waals surface area contributed by atoms with E-state index in [1.54, 1.807) is 6.07 Å². The van der Waals surface area contributed by atoms with Crippen molar-refractivity contribution in [2.75, 3.05) is 0 Å². The van der Waals surface area contributed by atoms with Crippen LogP contribution in [-0.2, 0) is 4.79 Å². The molecule has 1 aromatic carbocycles. The Bertz CT molecular complexity index is 750. The Balaban J connectivity index is 2.20. The van der Waals surface area contributed by atoms with Gasteiger partial charge in [-0.05, 0) is 43.7 Å². The van der Waals surface area contributed by atoms with Crippen molar-refractivity contribution in [3.8, 4) is 5.75 Å². The largest absolute Gasteiger partial charge is 0.506 e. The summed E-state index contributed by atoms with van der Waals surface area (Å²) in [6.07, 6.45) is 2.65. The van der Waals surface area contributed by atoms with E-state index in [1.165, 1.54) is 11.6 Å². The number of phenolic OH excluding ortho intramolecular Hbond substituents is 1. The lowest BCUT2D eigenvalue weighted by Crippen LogP contribution is -2.23. The van der Waals surface area contributed by atoms with Crippen LogP contribution in [0.4, 0.5) is 0 Å². The molecular weight excluding hydrogens is 359 g/mol. The Kier molecular flexibility index (Phi) is 5.85. The van der Waals surface area contributed by atoms with Gasteiger partial charge >= 0.3 is 0 Å². The molecule has 1 amide bonds. The molecule has 0 spiro atoms. The van der Waals surface area contributed by atoms with Crippen LogP contribution in [0.5, 0.6) is 5.75 Å². The van der Waals surface area contributed by atoms with Gasteiger partial charge in [-0.3, -0.25) is 4.79 Å². The van der Waals surface area contributed by atoms with Gasteiger partial charge in [0.2, 0.25) is 5.91 Å². The predicted molar refractivity (Wildman–Crippen MR) is 103 cm³/mol. The first-order valence-corrected chi connectivity index (χ1v) is 9.05. The molecule has 2 rings (SSSR count). The first kappa shape index (κ1) is 19.8. The molecule has 25 heavy (non-hydrogen) atoms. The Morgan fingerprint density at radius 1 is 1.36 bits per heavy atom. The van der Waals surface area contributed by atoms with Crippen LogP contribution >= 0.6 is 23.2 Å². The van der Waals surface area contributed by atoms with E-state index in [9.17, 15) is 9.90 Å². The highest BCUT2D eigenvalue weighted by atomic mass is 35.5. The number of carbonyl (C=O) groups excluding carboxylic acids is 1. The number of phenols is 1. The number of halogens is 2. The molecule has 0 heterocycles. The smallest absolute Gasteiger partial charge is 0.244 e. The summed E-state index contributed by atoms with van der Waals surface area (Å²) in [5.74, 6) is -0.103. The molecule has 1 aliphatic rings. The number of benzene rings is 1. The highest BCUT2D eigenvalue weighted by molar-refractivity contribution is 6.36. The minimum Gasteiger partial charge on any atom is -0.506 e. The SMILES string of the molecule is CC/C(=N\NC(=O)[C@@H]1[C@@H](C=C(C)C)C1(C)C)c1cc(Cl)cc(Cl)c1O. The van der Waals surface area contributed by atoms with Crippen molar-refractivity contribution in [3.05, 3.63) is 39.4 Å². The molecule has 2 atom stereocenters. The maximum Gasteiger partial charge on any atom is 0.244 e. The summed E-state index contributed by atoms with van der Waals surface area (Å²) >= 11 is 12.0. The molecule has 136 valence electrons. The second kappa shape index (κ2) is 7.38. The zero-order valence-electron chi connectivity index (χ0n) is 15.2. The maximum atomic E-state index is 12.5. The van der Waals surface area contributed by atoms with Crippen molar-refractivity contribution < 1.29 is 9.90 Å². The van der Waals surface area contributed by atoms with E-state index < -0.39 is 0 Å². The minimum absolute atomic E-state index is 0.0786. The molecule has 4 nitrogen and oxygen atoms in total. The highest BCUT2D eigenvalue weighted by Gasteiger charge is 2.60. The van der Waals surface area contributed by atoms with Crippen LogP contribution in [0.25, 0.3) is 0 Å². The van der Waals surface area contributed by atoms with Crippen LogP contribution < -0.4 is 5.43 Å². The van der Waals surface area contributed by atoms with E-state index in [1.807, 2.05) is 20.8 Å². The fraction of sp³-hybridized carbons (Fsp3) is 0.474. The molecule has 1 fully saturated rings. The van der Waals surface area contributed by atoms with Crippen molar-refractivity contribution in [2.24, 2.45) is 22.4 Å². The van der Waals surface area contributed by atoms with E-state index >= 15 is 0 Å². The first-order valence-electron chi connectivity index (χ1n) is 8.29. The Morgan fingerprint density at radius 3 is 2.56 bits per heavy atom. The van der Waals surface area contributed by atoms with Gasteiger partial charge in [0, 0.05) is 10.6 Å². The predicted octanol–water partition coefficient (Wildman–Crippen LogP) is 5.17. The van der Waals surface area contributed by atoms with Crippen LogP contribution in [0.15, 0.2) is 28.9 Å². The summed E-state index contributed by atoms with van der Waals surface area (Å²) in [5.41, 5.74) is 4.71. The number of allylic oxidation sites excluding steroid dienone is 2. The molecule has 0 radical (unpaired) electrons. The van der Waals surface area contributed by atoms with E-state index in [4.69, 9.17) is 23.2 Å². The van der Waals surface area contributed by atoms with Crippen molar-refractivity contribution >= 4 is 34.8 Å². The van der Waals surface area contributed by atoms with Crippen LogP contribution in [0.2, 0.25) is 10.0 Å². The van der Waals surface area contributed by atoms with Crippen molar-refractivity contribution in [2.45, 2.75) is 41.0 Å². The van der Waals surface area contributed by atoms with Crippen LogP contribution in [-0.4, -0.2) is 16.7 Å². The lowest BCUT2D eigenvalue weighted by atomic mass is 10.1. The third-order valence-electron chi connectivity index (χ3n) is 4.68. The third kappa shape index (κ3) is 4.18. The van der Waals surface area contributed by atoms with E-state index in [0.717, 1.165) is 0 Å². The molecule has 1 saturated carbocycles. The standard InChI is InChI=1S/C19H24Cl2N2O2/c1-6-15(12-8-11(20)9-14(21)17(12)24)22-23-18(25)16-13(7-10(2)3)19(16,4)5/h7-9,13,16,24H,6H2,1-5H3,(H,23,25)/b22-15+/t13-,16+/m1/s1. The molecule has 0 saturated heterocycles. The van der Waals surface area contributed by atoms with E-state index in [2.05, 4.69) is 30.5 Å². The summed E-state index contributed by atoms with van der Waals surface area (Å²) in [4.78, 5) is 12.5. The Morgan fingerprint density at radius 2 is 2.00 bits per heavy atom. The second-order valence-corrected chi connectivity index (χ2v) is 8.08. The van der Waals surface area contributed by atoms with Gasteiger partial charge in [-0.1, -0.05) is 55.6 Å². The normalized spacial score (nSPS) is 21.6. The molecule has 0 bridgehead atoms.